The first-order valence-electron chi connectivity index (χ1n) is 13.1. The van der Waals surface area contributed by atoms with Gasteiger partial charge in [-0.05, 0) is 73.3 Å². The van der Waals surface area contributed by atoms with Crippen LogP contribution < -0.4 is 5.32 Å². The van der Waals surface area contributed by atoms with Gasteiger partial charge in [-0.2, -0.15) is 26.3 Å². The van der Waals surface area contributed by atoms with Gasteiger partial charge in [0.1, 0.15) is 6.10 Å². The molecule has 0 bridgehead atoms. The predicted molar refractivity (Wildman–Crippen MR) is 127 cm³/mol. The first-order chi connectivity index (χ1) is 17.6. The Morgan fingerprint density at radius 2 is 1.63 bits per heavy atom. The van der Waals surface area contributed by atoms with Crippen molar-refractivity contribution in [1.29, 1.82) is 0 Å². The molecule has 38 heavy (non-hydrogen) atoms. The number of alkyl halides is 6. The quantitative estimate of drug-likeness (QED) is 0.316. The van der Waals surface area contributed by atoms with Gasteiger partial charge in [0, 0.05) is 17.4 Å². The second kappa shape index (κ2) is 8.74. The lowest BCUT2D eigenvalue weighted by molar-refractivity contribution is -0.175. The highest BCUT2D eigenvalue weighted by molar-refractivity contribution is 5.95. The molecule has 3 saturated carbocycles. The average molecular weight is 544 g/mol. The molecule has 10 heteroatoms. The number of hydrogen-bond acceptors (Lipinski definition) is 3. The standard InChI is InChI=1S/C28H31F6NO3/c1-14-13-20-26(3,12-10-21(36)38-20)16-9-11-25(2)15(22(14)16)7-8-19(25)24(37)35-23-17(27(29,30)31)5-4-6-18(23)28(32,33)34/h4-6,10,12,14-16,19-20,22H,7-9,11,13H2,1-3H3,(H,35,37)/t14-,15-,16-,19+,20+,22-,25-,26+/m0/s1. The van der Waals surface area contributed by atoms with Gasteiger partial charge in [0.25, 0.3) is 0 Å². The molecule has 3 fully saturated rings. The molecular formula is C28H31F6NO3. The Bertz CT molecular complexity index is 1140. The number of benzene rings is 1. The molecule has 1 amide bonds. The fraction of sp³-hybridized carbons (Fsp3) is 0.643. The van der Waals surface area contributed by atoms with Crippen LogP contribution in [0.4, 0.5) is 32.0 Å². The number of rotatable bonds is 2. The minimum Gasteiger partial charge on any atom is -0.458 e. The molecule has 0 spiro atoms. The first-order valence-corrected chi connectivity index (χ1v) is 13.1. The maximum atomic E-state index is 13.7. The summed E-state index contributed by atoms with van der Waals surface area (Å²) in [5, 5.41) is 2.09. The maximum absolute atomic E-state index is 13.7. The number of para-hydroxylation sites is 1. The van der Waals surface area contributed by atoms with Crippen LogP contribution in [-0.4, -0.2) is 18.0 Å². The number of ether oxygens (including phenoxy) is 1. The van der Waals surface area contributed by atoms with E-state index in [1.165, 1.54) is 6.08 Å². The third-order valence-corrected chi connectivity index (χ3v) is 10.1. The van der Waals surface area contributed by atoms with Crippen molar-refractivity contribution >= 4 is 17.6 Å². The molecule has 1 aromatic carbocycles. The number of esters is 1. The van der Waals surface area contributed by atoms with E-state index < -0.39 is 46.4 Å². The maximum Gasteiger partial charge on any atom is 0.418 e. The van der Waals surface area contributed by atoms with Gasteiger partial charge in [-0.1, -0.05) is 32.9 Å². The summed E-state index contributed by atoms with van der Waals surface area (Å²) >= 11 is 0. The number of nitrogens with one attached hydrogen (secondary N) is 1. The van der Waals surface area contributed by atoms with E-state index in [2.05, 4.69) is 19.2 Å². The number of amides is 1. The summed E-state index contributed by atoms with van der Waals surface area (Å²) in [4.78, 5) is 25.4. The van der Waals surface area contributed by atoms with Crippen LogP contribution in [0.15, 0.2) is 30.4 Å². The smallest absolute Gasteiger partial charge is 0.418 e. The minimum absolute atomic E-state index is 0.0794. The van der Waals surface area contributed by atoms with Crippen LogP contribution in [0.25, 0.3) is 0 Å². The molecular weight excluding hydrogens is 512 g/mol. The van der Waals surface area contributed by atoms with Crippen molar-refractivity contribution in [3.63, 3.8) is 0 Å². The number of fused-ring (bicyclic) bond motifs is 5. The van der Waals surface area contributed by atoms with Crippen LogP contribution in [0.5, 0.6) is 0 Å². The Kier molecular flexibility index (Phi) is 6.23. The summed E-state index contributed by atoms with van der Waals surface area (Å²) in [6.07, 6.45) is -3.88. The van der Waals surface area contributed by atoms with E-state index in [-0.39, 0.29) is 41.2 Å². The Balaban J connectivity index is 1.45. The van der Waals surface area contributed by atoms with E-state index in [0.29, 0.717) is 43.9 Å². The predicted octanol–water partition coefficient (Wildman–Crippen LogP) is 7.25. The molecule has 5 rings (SSSR count). The Morgan fingerprint density at radius 3 is 2.24 bits per heavy atom. The summed E-state index contributed by atoms with van der Waals surface area (Å²) in [5.74, 6) is -1.20. The number of anilines is 1. The molecule has 208 valence electrons. The summed E-state index contributed by atoms with van der Waals surface area (Å²) < 4.78 is 87.6. The molecule has 4 aliphatic rings. The van der Waals surface area contributed by atoms with Crippen molar-refractivity contribution in [3.8, 4) is 0 Å². The molecule has 0 saturated heterocycles. The fourth-order valence-corrected chi connectivity index (χ4v) is 8.33. The highest BCUT2D eigenvalue weighted by Gasteiger charge is 2.63. The Morgan fingerprint density at radius 1 is 1.00 bits per heavy atom. The van der Waals surface area contributed by atoms with Gasteiger partial charge in [-0.3, -0.25) is 4.79 Å². The van der Waals surface area contributed by atoms with Crippen LogP contribution in [0.1, 0.15) is 64.0 Å². The average Bonchev–Trinajstić information content (AvgIpc) is 3.16. The lowest BCUT2D eigenvalue weighted by atomic mass is 9.46. The van der Waals surface area contributed by atoms with Gasteiger partial charge >= 0.3 is 18.3 Å². The zero-order chi connectivity index (χ0) is 27.8. The van der Waals surface area contributed by atoms with Gasteiger partial charge in [0.05, 0.1) is 16.8 Å². The van der Waals surface area contributed by atoms with E-state index in [9.17, 15) is 35.9 Å². The Hall–Kier alpha value is -2.52. The van der Waals surface area contributed by atoms with Gasteiger partial charge in [-0.25, -0.2) is 4.79 Å². The molecule has 1 N–H and O–H groups in total. The number of hydrogen-bond donors (Lipinski definition) is 1. The lowest BCUT2D eigenvalue weighted by Gasteiger charge is -2.60. The van der Waals surface area contributed by atoms with E-state index in [1.54, 1.807) is 0 Å². The molecule has 8 atom stereocenters. The number of carbonyl (C=O) groups excluding carboxylic acids is 2. The topological polar surface area (TPSA) is 55.4 Å². The van der Waals surface area contributed by atoms with E-state index in [0.717, 1.165) is 6.42 Å². The van der Waals surface area contributed by atoms with Crippen LogP contribution >= 0.6 is 0 Å². The van der Waals surface area contributed by atoms with Crippen molar-refractivity contribution in [2.45, 2.75) is 71.3 Å². The van der Waals surface area contributed by atoms with E-state index in [1.807, 2.05) is 13.0 Å². The third kappa shape index (κ3) is 4.13. The molecule has 0 unspecified atom stereocenters. The third-order valence-electron chi connectivity index (χ3n) is 10.1. The SMILES string of the molecule is C[C@H]1C[C@H]2OC(=O)C=C[C@]2(C)[C@H]2CC[C@]3(C)[C@@H](C(=O)Nc4c(C(F)(F)F)cccc4C(F)(F)F)CC[C@H]3[C@H]12. The molecule has 1 aliphatic heterocycles. The van der Waals surface area contributed by atoms with Gasteiger partial charge < -0.3 is 10.1 Å². The first kappa shape index (κ1) is 27.1. The van der Waals surface area contributed by atoms with Gasteiger partial charge in [0.15, 0.2) is 0 Å². The van der Waals surface area contributed by atoms with Crippen molar-refractivity contribution in [3.05, 3.63) is 41.5 Å². The highest BCUT2D eigenvalue weighted by atomic mass is 19.4. The molecule has 4 nitrogen and oxygen atoms in total. The van der Waals surface area contributed by atoms with Crippen molar-refractivity contribution in [2.24, 2.45) is 40.4 Å². The van der Waals surface area contributed by atoms with Crippen molar-refractivity contribution < 1.29 is 40.7 Å². The molecule has 3 aliphatic carbocycles. The van der Waals surface area contributed by atoms with Crippen molar-refractivity contribution in [2.75, 3.05) is 5.32 Å². The van der Waals surface area contributed by atoms with Crippen LogP contribution in [0, 0.1) is 40.4 Å². The lowest BCUT2D eigenvalue weighted by Crippen LogP contribution is -2.58. The zero-order valence-corrected chi connectivity index (χ0v) is 21.4. The minimum atomic E-state index is -5.06. The number of carbonyl (C=O) groups is 2. The number of halogens is 6. The van der Waals surface area contributed by atoms with Gasteiger partial charge in [-0.15, -0.1) is 0 Å². The van der Waals surface area contributed by atoms with E-state index >= 15 is 0 Å². The zero-order valence-electron chi connectivity index (χ0n) is 21.4. The summed E-state index contributed by atoms with van der Waals surface area (Å²) in [7, 11) is 0. The van der Waals surface area contributed by atoms with Crippen LogP contribution in [0.3, 0.4) is 0 Å². The molecule has 1 aromatic rings. The van der Waals surface area contributed by atoms with Crippen LogP contribution in [-0.2, 0) is 26.7 Å². The van der Waals surface area contributed by atoms with Gasteiger partial charge in [0.2, 0.25) is 5.91 Å². The summed E-state index contributed by atoms with van der Waals surface area (Å²) in [6, 6.07) is 1.81. The largest absolute Gasteiger partial charge is 0.458 e. The highest BCUT2D eigenvalue weighted by Crippen LogP contribution is 2.66. The summed E-state index contributed by atoms with van der Waals surface area (Å²) in [5.41, 5.74) is -5.16. The second-order valence-corrected chi connectivity index (χ2v) is 12.0. The van der Waals surface area contributed by atoms with Crippen LogP contribution in [0.2, 0.25) is 0 Å². The molecule has 1 heterocycles. The Labute approximate surface area is 217 Å². The summed E-state index contributed by atoms with van der Waals surface area (Å²) in [6.45, 7) is 6.17. The normalized spacial score (nSPS) is 38.6. The molecule has 0 aromatic heterocycles. The second-order valence-electron chi connectivity index (χ2n) is 12.0. The van der Waals surface area contributed by atoms with Crippen molar-refractivity contribution in [1.82, 2.24) is 0 Å². The molecule has 0 radical (unpaired) electrons. The fourth-order valence-electron chi connectivity index (χ4n) is 8.33. The van der Waals surface area contributed by atoms with E-state index in [4.69, 9.17) is 4.74 Å². The monoisotopic (exact) mass is 543 g/mol.